The number of ether oxygens (including phenoxy) is 1. The third kappa shape index (κ3) is 4.83. The third-order valence-electron chi connectivity index (χ3n) is 2.67. The summed E-state index contributed by atoms with van der Waals surface area (Å²) in [7, 11) is 0. The first kappa shape index (κ1) is 15.9. The molecule has 0 aliphatic rings. The minimum absolute atomic E-state index is 0.377. The zero-order valence-electron chi connectivity index (χ0n) is 12.8. The number of hydrogen-bond acceptors (Lipinski definition) is 4. The van der Waals surface area contributed by atoms with Crippen LogP contribution in [-0.4, -0.2) is 33.0 Å². The molecule has 0 saturated carbocycles. The number of nitrogens with one attached hydrogen (secondary N) is 1. The molecule has 0 aliphatic carbocycles. The second-order valence-corrected chi connectivity index (χ2v) is 5.78. The Kier molecular flexibility index (Phi) is 4.75. The molecule has 0 fully saturated rings. The van der Waals surface area contributed by atoms with E-state index in [9.17, 15) is 9.18 Å². The number of carbonyl (C=O) groups excluding carboxylic acids is 1. The van der Waals surface area contributed by atoms with E-state index in [1.165, 1.54) is 6.07 Å². The molecule has 6 nitrogen and oxygen atoms in total. The van der Waals surface area contributed by atoms with Gasteiger partial charge in [-0.1, -0.05) is 0 Å². The van der Waals surface area contributed by atoms with Crippen LogP contribution in [0, 0.1) is 5.82 Å². The monoisotopic (exact) mass is 306 g/mol. The van der Waals surface area contributed by atoms with Gasteiger partial charge < -0.3 is 10.1 Å². The molecule has 0 unspecified atom stereocenters. The fourth-order valence-electron chi connectivity index (χ4n) is 1.75. The van der Waals surface area contributed by atoms with Crippen molar-refractivity contribution in [3.63, 3.8) is 0 Å². The normalized spacial score (nSPS) is 11.3. The first-order valence-corrected chi connectivity index (χ1v) is 6.95. The van der Waals surface area contributed by atoms with E-state index in [0.29, 0.717) is 18.8 Å². The summed E-state index contributed by atoms with van der Waals surface area (Å²) in [4.78, 5) is 15.5. The van der Waals surface area contributed by atoms with Crippen LogP contribution < -0.4 is 5.32 Å². The predicted molar refractivity (Wildman–Crippen MR) is 79.7 cm³/mol. The summed E-state index contributed by atoms with van der Waals surface area (Å²) in [6.45, 7) is 6.32. The van der Waals surface area contributed by atoms with Gasteiger partial charge in [0.1, 0.15) is 11.4 Å². The number of amides is 1. The summed E-state index contributed by atoms with van der Waals surface area (Å²) in [5.74, 6) is -0.377. The Bertz CT molecular complexity index is 632. The lowest BCUT2D eigenvalue weighted by Gasteiger charge is -2.19. The van der Waals surface area contributed by atoms with Crippen LogP contribution in [0.1, 0.15) is 20.8 Å². The van der Waals surface area contributed by atoms with Gasteiger partial charge in [-0.2, -0.15) is 5.10 Å². The number of rotatable bonds is 4. The lowest BCUT2D eigenvalue weighted by atomic mass is 10.2. The maximum absolute atomic E-state index is 12.8. The quantitative estimate of drug-likeness (QED) is 0.942. The summed E-state index contributed by atoms with van der Waals surface area (Å²) < 4.78 is 19.6. The summed E-state index contributed by atoms with van der Waals surface area (Å²) >= 11 is 0. The molecule has 0 saturated heterocycles. The van der Waals surface area contributed by atoms with Crippen molar-refractivity contribution in [2.45, 2.75) is 32.9 Å². The van der Waals surface area contributed by atoms with E-state index in [1.54, 1.807) is 23.1 Å². The van der Waals surface area contributed by atoms with Crippen LogP contribution in [0.15, 0.2) is 30.7 Å². The minimum atomic E-state index is -0.517. The number of alkyl carbamates (subject to hydrolysis) is 1. The fourth-order valence-corrected chi connectivity index (χ4v) is 1.75. The van der Waals surface area contributed by atoms with Crippen molar-refractivity contribution in [1.29, 1.82) is 0 Å². The Morgan fingerprint density at radius 2 is 2.14 bits per heavy atom. The molecular weight excluding hydrogens is 287 g/mol. The van der Waals surface area contributed by atoms with Gasteiger partial charge in [-0.05, 0) is 32.9 Å². The van der Waals surface area contributed by atoms with Gasteiger partial charge in [0, 0.05) is 18.3 Å². The number of aromatic nitrogens is 3. The van der Waals surface area contributed by atoms with Crippen molar-refractivity contribution >= 4 is 6.09 Å². The summed E-state index contributed by atoms with van der Waals surface area (Å²) in [6.07, 6.45) is 4.14. The largest absolute Gasteiger partial charge is 0.444 e. The van der Waals surface area contributed by atoms with Crippen LogP contribution in [-0.2, 0) is 11.3 Å². The second kappa shape index (κ2) is 6.55. The van der Waals surface area contributed by atoms with E-state index in [0.717, 1.165) is 11.8 Å². The molecule has 0 radical (unpaired) electrons. The van der Waals surface area contributed by atoms with E-state index in [2.05, 4.69) is 15.4 Å². The molecule has 118 valence electrons. The van der Waals surface area contributed by atoms with Crippen LogP contribution >= 0.6 is 0 Å². The van der Waals surface area contributed by atoms with E-state index < -0.39 is 11.7 Å². The van der Waals surface area contributed by atoms with Gasteiger partial charge >= 0.3 is 6.09 Å². The Morgan fingerprint density at radius 1 is 1.36 bits per heavy atom. The minimum Gasteiger partial charge on any atom is -0.444 e. The molecule has 7 heteroatoms. The average Bonchev–Trinajstić information content (AvgIpc) is 2.86. The van der Waals surface area contributed by atoms with Gasteiger partial charge in [-0.3, -0.25) is 9.67 Å². The Labute approximate surface area is 128 Å². The van der Waals surface area contributed by atoms with Gasteiger partial charge in [0.2, 0.25) is 0 Å². The number of carbonyl (C=O) groups is 1. The average molecular weight is 306 g/mol. The van der Waals surface area contributed by atoms with Gasteiger partial charge in [-0.25, -0.2) is 9.18 Å². The van der Waals surface area contributed by atoms with Crippen LogP contribution in [0.5, 0.6) is 0 Å². The molecule has 0 aliphatic heterocycles. The van der Waals surface area contributed by atoms with E-state index in [1.807, 2.05) is 20.8 Å². The summed E-state index contributed by atoms with van der Waals surface area (Å²) in [6, 6.07) is 2.94. The molecule has 0 aromatic carbocycles. The molecule has 22 heavy (non-hydrogen) atoms. The summed E-state index contributed by atoms with van der Waals surface area (Å²) in [5, 5.41) is 6.83. The van der Waals surface area contributed by atoms with Crippen molar-refractivity contribution in [3.8, 4) is 11.3 Å². The molecule has 0 spiro atoms. The highest BCUT2D eigenvalue weighted by Gasteiger charge is 2.15. The zero-order valence-corrected chi connectivity index (χ0v) is 12.8. The van der Waals surface area contributed by atoms with Gasteiger partial charge in [0.15, 0.2) is 0 Å². The molecule has 0 atom stereocenters. The van der Waals surface area contributed by atoms with E-state index in [4.69, 9.17) is 4.74 Å². The van der Waals surface area contributed by atoms with Crippen LogP contribution in [0.3, 0.4) is 0 Å². The van der Waals surface area contributed by atoms with Crippen molar-refractivity contribution < 1.29 is 13.9 Å². The molecule has 1 N–H and O–H groups in total. The number of hydrogen-bond donors (Lipinski definition) is 1. The van der Waals surface area contributed by atoms with Gasteiger partial charge in [0.05, 0.1) is 24.6 Å². The van der Waals surface area contributed by atoms with Crippen LogP contribution in [0.25, 0.3) is 11.3 Å². The van der Waals surface area contributed by atoms with E-state index in [-0.39, 0.29) is 5.82 Å². The lowest BCUT2D eigenvalue weighted by molar-refractivity contribution is 0.0525. The first-order valence-electron chi connectivity index (χ1n) is 6.95. The molecule has 1 amide bonds. The fraction of sp³-hybridized carbons (Fsp3) is 0.400. The van der Waals surface area contributed by atoms with Gasteiger partial charge in [0.25, 0.3) is 0 Å². The maximum Gasteiger partial charge on any atom is 0.407 e. The first-order chi connectivity index (χ1) is 10.3. The zero-order chi connectivity index (χ0) is 16.2. The topological polar surface area (TPSA) is 69.0 Å². The van der Waals surface area contributed by atoms with Crippen molar-refractivity contribution in [2.75, 3.05) is 6.54 Å². The SMILES string of the molecule is CC(C)(C)OC(=O)NCCn1cc(-c2ccc(F)cn2)cn1. The molecule has 2 aromatic rings. The second-order valence-electron chi connectivity index (χ2n) is 5.78. The Morgan fingerprint density at radius 3 is 2.77 bits per heavy atom. The molecular formula is C15H19FN4O2. The van der Waals surface area contributed by atoms with Gasteiger partial charge in [-0.15, -0.1) is 0 Å². The number of pyridine rings is 1. The lowest BCUT2D eigenvalue weighted by Crippen LogP contribution is -2.34. The highest BCUT2D eigenvalue weighted by atomic mass is 19.1. The number of nitrogens with zero attached hydrogens (tertiary/aromatic N) is 3. The predicted octanol–water partition coefficient (Wildman–Crippen LogP) is 2.61. The van der Waals surface area contributed by atoms with E-state index >= 15 is 0 Å². The molecule has 2 heterocycles. The molecule has 0 bridgehead atoms. The van der Waals surface area contributed by atoms with Crippen molar-refractivity contribution in [3.05, 3.63) is 36.5 Å². The highest BCUT2D eigenvalue weighted by Crippen LogP contribution is 2.15. The van der Waals surface area contributed by atoms with Crippen molar-refractivity contribution in [2.24, 2.45) is 0 Å². The number of halogens is 1. The third-order valence-corrected chi connectivity index (χ3v) is 2.67. The Balaban J connectivity index is 1.85. The maximum atomic E-state index is 12.8. The van der Waals surface area contributed by atoms with Crippen molar-refractivity contribution in [1.82, 2.24) is 20.1 Å². The summed E-state index contributed by atoms with van der Waals surface area (Å²) in [5.41, 5.74) is 0.919. The standard InChI is InChI=1S/C15H19FN4O2/c1-15(2,3)22-14(21)17-6-7-20-10-11(8-19-20)13-5-4-12(16)9-18-13/h4-5,8-10H,6-7H2,1-3H3,(H,17,21). The molecule has 2 rings (SSSR count). The highest BCUT2D eigenvalue weighted by molar-refractivity contribution is 5.67. The molecule has 2 aromatic heterocycles. The Hall–Kier alpha value is -2.44. The van der Waals surface area contributed by atoms with Crippen LogP contribution in [0.4, 0.5) is 9.18 Å². The van der Waals surface area contributed by atoms with Crippen LogP contribution in [0.2, 0.25) is 0 Å². The smallest absolute Gasteiger partial charge is 0.407 e.